The number of hydrogen-bond acceptors (Lipinski definition) is 5. The molecule has 2 heterocycles. The molecule has 0 aliphatic heterocycles. The zero-order valence-corrected chi connectivity index (χ0v) is 13.1. The third kappa shape index (κ3) is 3.21. The number of amides is 1. The van der Waals surface area contributed by atoms with E-state index in [9.17, 15) is 9.59 Å². The minimum Gasteiger partial charge on any atom is -0.355 e. The van der Waals surface area contributed by atoms with Crippen molar-refractivity contribution in [1.82, 2.24) is 14.9 Å². The van der Waals surface area contributed by atoms with Crippen LogP contribution in [-0.4, -0.2) is 28.3 Å². The van der Waals surface area contributed by atoms with Crippen LogP contribution in [0.5, 0.6) is 0 Å². The maximum atomic E-state index is 12.4. The fourth-order valence-corrected chi connectivity index (χ4v) is 3.16. The molecule has 0 aliphatic rings. The Bertz CT molecular complexity index is 663. The first-order chi connectivity index (χ1) is 9.67. The topological polar surface area (TPSA) is 64.0 Å². The molecule has 0 atom stereocenters. The predicted octanol–water partition coefficient (Wildman–Crippen LogP) is 2.10. The second kappa shape index (κ2) is 6.90. The number of carbonyl (C=O) groups excluding carboxylic acids is 1. The molecule has 2 rings (SSSR count). The highest BCUT2D eigenvalue weighted by molar-refractivity contribution is 7.98. The Morgan fingerprint density at radius 2 is 2.35 bits per heavy atom. The van der Waals surface area contributed by atoms with E-state index in [0.29, 0.717) is 21.9 Å². The quantitative estimate of drug-likeness (QED) is 0.504. The summed E-state index contributed by atoms with van der Waals surface area (Å²) in [5, 5.41) is 5.24. The second-order valence-electron chi connectivity index (χ2n) is 4.33. The lowest BCUT2D eigenvalue weighted by Crippen LogP contribution is -2.33. The molecule has 0 spiro atoms. The van der Waals surface area contributed by atoms with Gasteiger partial charge < -0.3 is 5.32 Å². The van der Waals surface area contributed by atoms with Crippen molar-refractivity contribution >= 4 is 39.2 Å². The smallest absolute Gasteiger partial charge is 0.272 e. The molecule has 0 radical (unpaired) electrons. The van der Waals surface area contributed by atoms with E-state index in [2.05, 4.69) is 17.2 Å². The minimum absolute atomic E-state index is 0.0273. The summed E-state index contributed by atoms with van der Waals surface area (Å²) in [6.45, 7) is 2.74. The first-order valence-electron chi connectivity index (χ1n) is 6.46. The fraction of sp³-hybridized carbons (Fsp3) is 0.462. The number of carbonyl (C=O) groups is 1. The van der Waals surface area contributed by atoms with E-state index in [1.165, 1.54) is 27.7 Å². The molecule has 1 amide bonds. The van der Waals surface area contributed by atoms with Gasteiger partial charge in [-0.05, 0) is 24.1 Å². The summed E-state index contributed by atoms with van der Waals surface area (Å²) in [5.41, 5.74) is 0.562. The summed E-state index contributed by atoms with van der Waals surface area (Å²) in [6, 6.07) is 1.83. The van der Waals surface area contributed by atoms with Crippen LogP contribution in [0.15, 0.2) is 21.4 Å². The van der Waals surface area contributed by atoms with Gasteiger partial charge in [-0.1, -0.05) is 25.1 Å². The van der Waals surface area contributed by atoms with E-state index >= 15 is 0 Å². The number of aromatic nitrogens is 2. The Morgan fingerprint density at radius 3 is 3.05 bits per heavy atom. The van der Waals surface area contributed by atoms with Crippen LogP contribution in [0.3, 0.4) is 0 Å². The number of hydrogen-bond donors (Lipinski definition) is 1. The number of fused-ring (bicyclic) bond motifs is 1. The maximum Gasteiger partial charge on any atom is 0.272 e. The van der Waals surface area contributed by atoms with Crippen LogP contribution in [0, 0.1) is 0 Å². The molecule has 0 aliphatic carbocycles. The highest BCUT2D eigenvalue weighted by Crippen LogP contribution is 2.18. The minimum atomic E-state index is -0.145. The lowest BCUT2D eigenvalue weighted by Gasteiger charge is -2.10. The van der Waals surface area contributed by atoms with Crippen LogP contribution in [0.25, 0.3) is 10.2 Å². The Hall–Kier alpha value is -1.34. The van der Waals surface area contributed by atoms with Gasteiger partial charge in [0.1, 0.15) is 11.2 Å². The molecular formula is C13H17N3O2S2. The highest BCUT2D eigenvalue weighted by Gasteiger charge is 2.13. The third-order valence-corrected chi connectivity index (χ3v) is 4.44. The molecule has 7 heteroatoms. The Balaban J connectivity index is 2.26. The van der Waals surface area contributed by atoms with Crippen LogP contribution in [-0.2, 0) is 11.3 Å². The van der Waals surface area contributed by atoms with Crippen molar-refractivity contribution in [2.75, 3.05) is 12.8 Å². The molecule has 0 unspecified atom stereocenters. The van der Waals surface area contributed by atoms with E-state index in [0.717, 1.165) is 12.8 Å². The van der Waals surface area contributed by atoms with Gasteiger partial charge in [-0.2, -0.15) is 0 Å². The molecule has 2 aromatic heterocycles. The number of nitrogens with zero attached hydrogens (tertiary/aromatic N) is 2. The van der Waals surface area contributed by atoms with Crippen molar-refractivity contribution in [2.24, 2.45) is 0 Å². The van der Waals surface area contributed by atoms with Crippen LogP contribution in [0.4, 0.5) is 0 Å². The van der Waals surface area contributed by atoms with Gasteiger partial charge in [0.2, 0.25) is 5.91 Å². The van der Waals surface area contributed by atoms with Gasteiger partial charge in [-0.15, -0.1) is 11.3 Å². The van der Waals surface area contributed by atoms with Crippen molar-refractivity contribution in [1.29, 1.82) is 0 Å². The summed E-state index contributed by atoms with van der Waals surface area (Å²) in [4.78, 5) is 28.7. The third-order valence-electron chi connectivity index (χ3n) is 2.87. The summed E-state index contributed by atoms with van der Waals surface area (Å²) in [7, 11) is 0. The molecule has 20 heavy (non-hydrogen) atoms. The van der Waals surface area contributed by atoms with Crippen molar-refractivity contribution in [2.45, 2.75) is 31.5 Å². The largest absolute Gasteiger partial charge is 0.355 e. The number of unbranched alkanes of at least 4 members (excludes halogenated alkanes) is 1. The van der Waals surface area contributed by atoms with Gasteiger partial charge in [0.05, 0.1) is 5.52 Å². The van der Waals surface area contributed by atoms with Crippen LogP contribution >= 0.6 is 23.1 Å². The van der Waals surface area contributed by atoms with Crippen molar-refractivity contribution in [3.8, 4) is 0 Å². The fourth-order valence-electron chi connectivity index (χ4n) is 1.82. The summed E-state index contributed by atoms with van der Waals surface area (Å²) in [6.07, 6.45) is 3.82. The van der Waals surface area contributed by atoms with E-state index < -0.39 is 0 Å². The van der Waals surface area contributed by atoms with Gasteiger partial charge in [-0.25, -0.2) is 4.98 Å². The monoisotopic (exact) mass is 311 g/mol. The number of thioether (sulfide) groups is 1. The molecular weight excluding hydrogens is 294 g/mol. The molecule has 0 bridgehead atoms. The predicted molar refractivity (Wildman–Crippen MR) is 83.6 cm³/mol. The first kappa shape index (κ1) is 15.1. The van der Waals surface area contributed by atoms with E-state index in [-0.39, 0.29) is 18.0 Å². The molecule has 0 aromatic carbocycles. The van der Waals surface area contributed by atoms with E-state index in [1.54, 1.807) is 0 Å². The van der Waals surface area contributed by atoms with Crippen LogP contribution < -0.4 is 10.9 Å². The van der Waals surface area contributed by atoms with Crippen LogP contribution in [0.2, 0.25) is 0 Å². The first-order valence-corrected chi connectivity index (χ1v) is 8.56. The van der Waals surface area contributed by atoms with Crippen molar-refractivity contribution < 1.29 is 4.79 Å². The SMILES string of the molecule is CCCCNC(=O)Cn1c(SC)nc2ccsc2c1=O. The van der Waals surface area contributed by atoms with Gasteiger partial charge in [0.15, 0.2) is 5.16 Å². The normalized spacial score (nSPS) is 10.9. The maximum absolute atomic E-state index is 12.4. The lowest BCUT2D eigenvalue weighted by molar-refractivity contribution is -0.121. The molecule has 2 aromatic rings. The Morgan fingerprint density at radius 1 is 1.55 bits per heavy atom. The summed E-state index contributed by atoms with van der Waals surface area (Å²) in [5.74, 6) is -0.145. The van der Waals surface area contributed by atoms with Gasteiger partial charge in [0, 0.05) is 6.54 Å². The van der Waals surface area contributed by atoms with Crippen molar-refractivity contribution in [3.63, 3.8) is 0 Å². The van der Waals surface area contributed by atoms with Gasteiger partial charge >= 0.3 is 0 Å². The zero-order valence-electron chi connectivity index (χ0n) is 11.5. The average Bonchev–Trinajstić information content (AvgIpc) is 2.90. The Kier molecular flexibility index (Phi) is 5.19. The number of rotatable bonds is 6. The van der Waals surface area contributed by atoms with E-state index in [4.69, 9.17) is 0 Å². The second-order valence-corrected chi connectivity index (χ2v) is 6.02. The molecule has 0 saturated carbocycles. The highest BCUT2D eigenvalue weighted by atomic mass is 32.2. The standard InChI is InChI=1S/C13H17N3O2S2/c1-3-4-6-14-10(17)8-16-12(18)11-9(5-7-20-11)15-13(16)19-2/h5,7H,3-4,6,8H2,1-2H3,(H,14,17). The summed E-state index contributed by atoms with van der Waals surface area (Å²) < 4.78 is 2.05. The van der Waals surface area contributed by atoms with E-state index in [1.807, 2.05) is 17.7 Å². The molecule has 0 fully saturated rings. The summed E-state index contributed by atoms with van der Waals surface area (Å²) >= 11 is 2.73. The molecule has 5 nitrogen and oxygen atoms in total. The molecule has 108 valence electrons. The van der Waals surface area contributed by atoms with Gasteiger partial charge in [-0.3, -0.25) is 14.2 Å². The molecule has 0 saturated heterocycles. The van der Waals surface area contributed by atoms with Gasteiger partial charge in [0.25, 0.3) is 5.56 Å². The molecule has 1 N–H and O–H groups in total. The number of nitrogens with one attached hydrogen (secondary N) is 1. The average molecular weight is 311 g/mol. The van der Waals surface area contributed by atoms with Crippen LogP contribution in [0.1, 0.15) is 19.8 Å². The lowest BCUT2D eigenvalue weighted by atomic mass is 10.3. The number of thiophene rings is 1. The van der Waals surface area contributed by atoms with Crippen molar-refractivity contribution in [3.05, 3.63) is 21.8 Å². The Labute approximate surface area is 125 Å². The zero-order chi connectivity index (χ0) is 14.5.